The summed E-state index contributed by atoms with van der Waals surface area (Å²) in [6, 6.07) is 9.21. The van der Waals surface area contributed by atoms with Gasteiger partial charge in [-0.2, -0.15) is 5.10 Å². The van der Waals surface area contributed by atoms with Crippen LogP contribution in [-0.4, -0.2) is 49.6 Å². The lowest BCUT2D eigenvalue weighted by Crippen LogP contribution is -2.41. The molecule has 0 bridgehead atoms. The molecule has 3 aromatic heterocycles. The van der Waals surface area contributed by atoms with Crippen LogP contribution in [0, 0.1) is 5.92 Å². The molecule has 0 spiro atoms. The molecule has 1 fully saturated rings. The average Bonchev–Trinajstić information content (AvgIpc) is 3.26. The fourth-order valence-corrected chi connectivity index (χ4v) is 4.17. The Bertz CT molecular complexity index is 1090. The molecule has 1 aliphatic heterocycles. The highest BCUT2D eigenvalue weighted by molar-refractivity contribution is 9.10. The van der Waals surface area contributed by atoms with Crippen LogP contribution in [0.1, 0.15) is 48.7 Å². The molecule has 0 saturated carbocycles. The summed E-state index contributed by atoms with van der Waals surface area (Å²) in [7, 11) is 0. The standard InChI is InChI=1S/C23H25BrN6O2/c1-15(2)21-18(14-27-30(21)20-5-3-4-10-25-20)23(32)29-11-8-16(9-12-29)22(31)28-19-7-6-17(24)13-26-19/h3-7,10,13-16H,8-9,11-12H2,1-2H3,(H,26,28,31). The van der Waals surface area contributed by atoms with E-state index >= 15 is 0 Å². The number of halogens is 1. The molecular weight excluding hydrogens is 472 g/mol. The first-order valence-electron chi connectivity index (χ1n) is 10.6. The Morgan fingerprint density at radius 3 is 2.50 bits per heavy atom. The molecule has 0 aliphatic carbocycles. The number of rotatable bonds is 5. The van der Waals surface area contributed by atoms with E-state index in [9.17, 15) is 9.59 Å². The van der Waals surface area contributed by atoms with Gasteiger partial charge in [-0.15, -0.1) is 0 Å². The number of nitrogens with zero attached hydrogens (tertiary/aromatic N) is 5. The third-order valence-electron chi connectivity index (χ3n) is 5.58. The zero-order valence-electron chi connectivity index (χ0n) is 18.0. The van der Waals surface area contributed by atoms with Crippen LogP contribution in [0.5, 0.6) is 0 Å². The summed E-state index contributed by atoms with van der Waals surface area (Å²) in [4.78, 5) is 36.3. The maximum Gasteiger partial charge on any atom is 0.257 e. The summed E-state index contributed by atoms with van der Waals surface area (Å²) in [6.45, 7) is 5.13. The summed E-state index contributed by atoms with van der Waals surface area (Å²) >= 11 is 3.33. The van der Waals surface area contributed by atoms with Crippen molar-refractivity contribution in [3.63, 3.8) is 0 Å². The minimum atomic E-state index is -0.148. The van der Waals surface area contributed by atoms with Crippen molar-refractivity contribution in [3.05, 3.63) is 64.7 Å². The Morgan fingerprint density at radius 2 is 1.88 bits per heavy atom. The smallest absolute Gasteiger partial charge is 0.257 e. The number of nitrogens with one attached hydrogen (secondary N) is 1. The van der Waals surface area contributed by atoms with Gasteiger partial charge < -0.3 is 10.2 Å². The van der Waals surface area contributed by atoms with Crippen molar-refractivity contribution >= 4 is 33.6 Å². The molecule has 8 nitrogen and oxygen atoms in total. The predicted octanol–water partition coefficient (Wildman–Crippen LogP) is 4.04. The molecule has 1 saturated heterocycles. The van der Waals surface area contributed by atoms with Crippen molar-refractivity contribution in [1.29, 1.82) is 0 Å². The molecule has 0 aromatic carbocycles. The van der Waals surface area contributed by atoms with Crippen molar-refractivity contribution in [2.45, 2.75) is 32.6 Å². The summed E-state index contributed by atoms with van der Waals surface area (Å²) in [6.07, 6.45) is 6.21. The fourth-order valence-electron chi connectivity index (χ4n) is 3.93. The first kappa shape index (κ1) is 22.1. The largest absolute Gasteiger partial charge is 0.338 e. The summed E-state index contributed by atoms with van der Waals surface area (Å²) in [5, 5.41) is 7.32. The predicted molar refractivity (Wildman–Crippen MR) is 125 cm³/mol. The molecule has 4 rings (SSSR count). The molecule has 1 aliphatic rings. The topological polar surface area (TPSA) is 93.0 Å². The van der Waals surface area contributed by atoms with Crippen molar-refractivity contribution < 1.29 is 9.59 Å². The van der Waals surface area contributed by atoms with Crippen LogP contribution in [0.2, 0.25) is 0 Å². The molecular formula is C23H25BrN6O2. The number of amides is 2. The van der Waals surface area contributed by atoms with Crippen molar-refractivity contribution in [1.82, 2.24) is 24.6 Å². The van der Waals surface area contributed by atoms with Gasteiger partial charge >= 0.3 is 0 Å². The van der Waals surface area contributed by atoms with E-state index < -0.39 is 0 Å². The third kappa shape index (κ3) is 4.72. The fraction of sp³-hybridized carbons (Fsp3) is 0.348. The minimum Gasteiger partial charge on any atom is -0.338 e. The normalized spacial score (nSPS) is 14.6. The zero-order valence-corrected chi connectivity index (χ0v) is 19.6. The maximum absolute atomic E-state index is 13.3. The van der Waals surface area contributed by atoms with Gasteiger partial charge in [-0.05, 0) is 59.0 Å². The van der Waals surface area contributed by atoms with E-state index in [-0.39, 0.29) is 23.7 Å². The Hall–Kier alpha value is -3.07. The summed E-state index contributed by atoms with van der Waals surface area (Å²) < 4.78 is 2.60. The van der Waals surface area contributed by atoms with E-state index in [0.717, 1.165) is 10.2 Å². The van der Waals surface area contributed by atoms with Gasteiger partial charge in [0.2, 0.25) is 5.91 Å². The van der Waals surface area contributed by atoms with Crippen LogP contribution in [0.3, 0.4) is 0 Å². The van der Waals surface area contributed by atoms with Crippen LogP contribution < -0.4 is 5.32 Å². The van der Waals surface area contributed by atoms with E-state index in [4.69, 9.17) is 0 Å². The maximum atomic E-state index is 13.3. The summed E-state index contributed by atoms with van der Waals surface area (Å²) in [5.41, 5.74) is 1.43. The third-order valence-corrected chi connectivity index (χ3v) is 6.05. The van der Waals surface area contributed by atoms with Gasteiger partial charge in [0.15, 0.2) is 5.82 Å². The second-order valence-electron chi connectivity index (χ2n) is 8.12. The number of piperidine rings is 1. The monoisotopic (exact) mass is 496 g/mol. The number of carbonyl (C=O) groups is 2. The van der Waals surface area contributed by atoms with Gasteiger partial charge in [0.1, 0.15) is 5.82 Å². The quantitative estimate of drug-likeness (QED) is 0.575. The molecule has 1 N–H and O–H groups in total. The highest BCUT2D eigenvalue weighted by atomic mass is 79.9. The molecule has 3 aromatic rings. The number of carbonyl (C=O) groups excluding carboxylic acids is 2. The van der Waals surface area contributed by atoms with Gasteiger partial charge in [0, 0.05) is 35.9 Å². The van der Waals surface area contributed by atoms with Gasteiger partial charge in [-0.3, -0.25) is 9.59 Å². The van der Waals surface area contributed by atoms with Crippen LogP contribution in [0.4, 0.5) is 5.82 Å². The molecule has 9 heteroatoms. The number of likely N-dealkylation sites (tertiary alicyclic amines) is 1. The van der Waals surface area contributed by atoms with E-state index in [1.807, 2.05) is 43.0 Å². The first-order chi connectivity index (χ1) is 15.4. The number of aromatic nitrogens is 4. The highest BCUT2D eigenvalue weighted by Gasteiger charge is 2.31. The number of pyridine rings is 2. The Labute approximate surface area is 195 Å². The van der Waals surface area contributed by atoms with Crippen LogP contribution in [-0.2, 0) is 4.79 Å². The van der Waals surface area contributed by atoms with Gasteiger partial charge in [0.05, 0.1) is 17.5 Å². The Balaban J connectivity index is 1.43. The Morgan fingerprint density at radius 1 is 1.09 bits per heavy atom. The molecule has 0 atom stereocenters. The first-order valence-corrected chi connectivity index (χ1v) is 11.4. The second-order valence-corrected chi connectivity index (χ2v) is 9.03. The van der Waals surface area contributed by atoms with Crippen LogP contribution >= 0.6 is 15.9 Å². The molecule has 2 amide bonds. The zero-order chi connectivity index (χ0) is 22.7. The highest BCUT2D eigenvalue weighted by Crippen LogP contribution is 2.26. The lowest BCUT2D eigenvalue weighted by atomic mass is 9.95. The van der Waals surface area contributed by atoms with Gasteiger partial charge in [-0.1, -0.05) is 19.9 Å². The molecule has 32 heavy (non-hydrogen) atoms. The lowest BCUT2D eigenvalue weighted by Gasteiger charge is -2.31. The summed E-state index contributed by atoms with van der Waals surface area (Å²) in [5.74, 6) is 1.06. The average molecular weight is 497 g/mol. The van der Waals surface area contributed by atoms with Gasteiger partial charge in [-0.25, -0.2) is 14.6 Å². The lowest BCUT2D eigenvalue weighted by molar-refractivity contribution is -0.121. The number of hydrogen-bond donors (Lipinski definition) is 1. The second kappa shape index (κ2) is 9.60. The molecule has 4 heterocycles. The Kier molecular flexibility index (Phi) is 6.64. The van der Waals surface area contributed by atoms with Gasteiger partial charge in [0.25, 0.3) is 5.91 Å². The van der Waals surface area contributed by atoms with E-state index in [2.05, 4.69) is 36.3 Å². The van der Waals surface area contributed by atoms with Crippen LogP contribution in [0.15, 0.2) is 53.4 Å². The van der Waals surface area contributed by atoms with Crippen LogP contribution in [0.25, 0.3) is 5.82 Å². The van der Waals surface area contributed by atoms with E-state index in [1.54, 1.807) is 29.3 Å². The van der Waals surface area contributed by atoms with E-state index in [1.165, 1.54) is 0 Å². The van der Waals surface area contributed by atoms with Crippen molar-refractivity contribution in [2.75, 3.05) is 18.4 Å². The van der Waals surface area contributed by atoms with Crippen molar-refractivity contribution in [3.8, 4) is 5.82 Å². The molecule has 166 valence electrons. The number of hydrogen-bond acceptors (Lipinski definition) is 5. The molecule has 0 unspecified atom stereocenters. The molecule has 0 radical (unpaired) electrons. The van der Waals surface area contributed by atoms with Crippen molar-refractivity contribution in [2.24, 2.45) is 5.92 Å². The SMILES string of the molecule is CC(C)c1c(C(=O)N2CCC(C(=O)Nc3ccc(Br)cn3)CC2)cnn1-c1ccccn1. The minimum absolute atomic E-state index is 0.0516. The van der Waals surface area contributed by atoms with E-state index in [0.29, 0.717) is 43.1 Å². The number of anilines is 1.